The molecular weight excluding hydrogens is 260 g/mol. The fourth-order valence-electron chi connectivity index (χ4n) is 2.25. The van der Waals surface area contributed by atoms with Gasteiger partial charge in [0, 0.05) is 19.3 Å². The van der Waals surface area contributed by atoms with Gasteiger partial charge in [-0.1, -0.05) is 0 Å². The summed E-state index contributed by atoms with van der Waals surface area (Å²) in [5, 5.41) is 11.9. The van der Waals surface area contributed by atoms with Crippen molar-refractivity contribution in [3.63, 3.8) is 0 Å². The molecule has 1 aromatic rings. The van der Waals surface area contributed by atoms with Gasteiger partial charge < -0.3 is 21.1 Å². The monoisotopic (exact) mass is 278 g/mol. The molecule has 1 unspecified atom stereocenters. The second kappa shape index (κ2) is 5.77. The first kappa shape index (κ1) is 14.1. The summed E-state index contributed by atoms with van der Waals surface area (Å²) < 4.78 is 0. The summed E-state index contributed by atoms with van der Waals surface area (Å²) in [6.45, 7) is 3.25. The summed E-state index contributed by atoms with van der Waals surface area (Å²) in [5.41, 5.74) is 5.77. The van der Waals surface area contributed by atoms with Gasteiger partial charge in [0.05, 0.1) is 11.3 Å². The number of nitrogens with two attached hydrogens (primary N) is 1. The molecule has 1 fully saturated rings. The van der Waals surface area contributed by atoms with Gasteiger partial charge in [0.25, 0.3) is 0 Å². The van der Waals surface area contributed by atoms with Gasteiger partial charge in [-0.05, 0) is 25.8 Å². The van der Waals surface area contributed by atoms with Crippen molar-refractivity contribution in [1.82, 2.24) is 9.88 Å². The number of amides is 1. The summed E-state index contributed by atoms with van der Waals surface area (Å²) in [4.78, 5) is 28.9. The average molecular weight is 278 g/mol. The van der Waals surface area contributed by atoms with E-state index in [4.69, 9.17) is 10.8 Å². The fourth-order valence-corrected chi connectivity index (χ4v) is 2.25. The number of carbonyl (C=O) groups excluding carboxylic acids is 1. The zero-order chi connectivity index (χ0) is 14.7. The van der Waals surface area contributed by atoms with Gasteiger partial charge >= 0.3 is 5.97 Å². The second-order valence-electron chi connectivity index (χ2n) is 4.82. The maximum atomic E-state index is 12.2. The number of pyridine rings is 1. The molecule has 0 bridgehead atoms. The number of carbonyl (C=O) groups is 2. The highest BCUT2D eigenvalue weighted by Crippen LogP contribution is 2.21. The van der Waals surface area contributed by atoms with Gasteiger partial charge in [-0.15, -0.1) is 0 Å². The zero-order valence-electron chi connectivity index (χ0n) is 11.3. The molecule has 2 heterocycles. The number of hydrogen-bond acceptors (Lipinski definition) is 5. The Bertz CT molecular complexity index is 526. The Balaban J connectivity index is 2.11. The molecular formula is C13H18N4O3. The van der Waals surface area contributed by atoms with Crippen molar-refractivity contribution < 1.29 is 14.7 Å². The Morgan fingerprint density at radius 2 is 2.10 bits per heavy atom. The van der Waals surface area contributed by atoms with Crippen LogP contribution in [-0.4, -0.2) is 46.0 Å². The highest BCUT2D eigenvalue weighted by molar-refractivity contribution is 5.96. The number of anilines is 2. The van der Waals surface area contributed by atoms with Crippen LogP contribution < -0.4 is 11.1 Å². The van der Waals surface area contributed by atoms with Crippen LogP contribution in [0.4, 0.5) is 11.5 Å². The van der Waals surface area contributed by atoms with Crippen LogP contribution in [0.2, 0.25) is 0 Å². The van der Waals surface area contributed by atoms with E-state index in [-0.39, 0.29) is 23.0 Å². The number of nitrogens with one attached hydrogen (secondary N) is 1. The van der Waals surface area contributed by atoms with E-state index in [1.165, 1.54) is 12.3 Å². The lowest BCUT2D eigenvalue weighted by molar-refractivity contribution is -0.130. The maximum absolute atomic E-state index is 12.2. The number of likely N-dealkylation sites (tertiary alicyclic amines) is 1. The summed E-state index contributed by atoms with van der Waals surface area (Å²) in [6, 6.07) is 0.836. The van der Waals surface area contributed by atoms with Crippen LogP contribution in [0.25, 0.3) is 0 Å². The largest absolute Gasteiger partial charge is 0.478 e. The minimum Gasteiger partial charge on any atom is -0.478 e. The minimum atomic E-state index is -1.12. The van der Waals surface area contributed by atoms with Crippen molar-refractivity contribution in [2.45, 2.75) is 25.8 Å². The molecule has 1 atom stereocenters. The van der Waals surface area contributed by atoms with E-state index in [9.17, 15) is 9.59 Å². The molecule has 20 heavy (non-hydrogen) atoms. The van der Waals surface area contributed by atoms with Crippen LogP contribution in [0.5, 0.6) is 0 Å². The SMILES string of the molecule is CC(Nc1nccc(C(=O)O)c1N)C(=O)N1CCCC1. The molecule has 1 amide bonds. The van der Waals surface area contributed by atoms with E-state index in [0.717, 1.165) is 25.9 Å². The van der Waals surface area contributed by atoms with E-state index >= 15 is 0 Å². The average Bonchev–Trinajstić information content (AvgIpc) is 2.93. The van der Waals surface area contributed by atoms with Crippen LogP contribution in [0.1, 0.15) is 30.1 Å². The third kappa shape index (κ3) is 2.81. The molecule has 1 aromatic heterocycles. The molecule has 7 nitrogen and oxygen atoms in total. The summed E-state index contributed by atoms with van der Waals surface area (Å²) in [6.07, 6.45) is 3.40. The van der Waals surface area contributed by atoms with E-state index in [2.05, 4.69) is 10.3 Å². The molecule has 108 valence electrons. The highest BCUT2D eigenvalue weighted by Gasteiger charge is 2.24. The molecule has 1 saturated heterocycles. The summed E-state index contributed by atoms with van der Waals surface area (Å²) in [5.74, 6) is -0.916. The van der Waals surface area contributed by atoms with Crippen molar-refractivity contribution in [2.75, 3.05) is 24.1 Å². The van der Waals surface area contributed by atoms with Crippen molar-refractivity contribution in [3.8, 4) is 0 Å². The Kier molecular flexibility index (Phi) is 4.07. The number of hydrogen-bond donors (Lipinski definition) is 3. The van der Waals surface area contributed by atoms with Gasteiger partial charge in [-0.3, -0.25) is 4.79 Å². The Hall–Kier alpha value is -2.31. The number of rotatable bonds is 4. The molecule has 7 heteroatoms. The summed E-state index contributed by atoms with van der Waals surface area (Å²) in [7, 11) is 0. The predicted molar refractivity (Wildman–Crippen MR) is 74.5 cm³/mol. The lowest BCUT2D eigenvalue weighted by atomic mass is 10.2. The number of aromatic nitrogens is 1. The lowest BCUT2D eigenvalue weighted by Gasteiger charge is -2.22. The standard InChI is InChI=1S/C13H18N4O3/c1-8(12(18)17-6-2-3-7-17)16-11-10(14)9(13(19)20)4-5-15-11/h4-5,8H,2-3,6-7,14H2,1H3,(H,15,16)(H,19,20). The normalized spacial score (nSPS) is 15.9. The third-order valence-electron chi connectivity index (χ3n) is 3.36. The summed E-state index contributed by atoms with van der Waals surface area (Å²) >= 11 is 0. The predicted octanol–water partition coefficient (Wildman–Crippen LogP) is 0.785. The highest BCUT2D eigenvalue weighted by atomic mass is 16.4. The van der Waals surface area contributed by atoms with Crippen molar-refractivity contribution in [2.24, 2.45) is 0 Å². The Labute approximate surface area is 116 Å². The van der Waals surface area contributed by atoms with E-state index < -0.39 is 12.0 Å². The van der Waals surface area contributed by atoms with Crippen LogP contribution in [0, 0.1) is 0 Å². The van der Waals surface area contributed by atoms with Crippen LogP contribution in [-0.2, 0) is 4.79 Å². The van der Waals surface area contributed by atoms with Gasteiger partial charge in [-0.25, -0.2) is 9.78 Å². The van der Waals surface area contributed by atoms with Gasteiger partial charge in [0.2, 0.25) is 5.91 Å². The first-order chi connectivity index (χ1) is 9.50. The van der Waals surface area contributed by atoms with Crippen molar-refractivity contribution in [3.05, 3.63) is 17.8 Å². The van der Waals surface area contributed by atoms with Gasteiger partial charge in [0.15, 0.2) is 5.82 Å². The van der Waals surface area contributed by atoms with E-state index in [1.807, 2.05) is 0 Å². The number of nitrogens with zero attached hydrogens (tertiary/aromatic N) is 2. The van der Waals surface area contributed by atoms with Crippen LogP contribution in [0.3, 0.4) is 0 Å². The molecule has 4 N–H and O–H groups in total. The Morgan fingerprint density at radius 1 is 1.45 bits per heavy atom. The quantitative estimate of drug-likeness (QED) is 0.751. The third-order valence-corrected chi connectivity index (χ3v) is 3.36. The molecule has 2 rings (SSSR count). The molecule has 0 saturated carbocycles. The molecule has 0 spiro atoms. The molecule has 1 aliphatic heterocycles. The molecule has 0 aromatic carbocycles. The van der Waals surface area contributed by atoms with E-state index in [1.54, 1.807) is 11.8 Å². The van der Waals surface area contributed by atoms with Crippen LogP contribution in [0.15, 0.2) is 12.3 Å². The molecule has 0 radical (unpaired) electrons. The number of carboxylic acids is 1. The van der Waals surface area contributed by atoms with Crippen LogP contribution >= 0.6 is 0 Å². The Morgan fingerprint density at radius 3 is 2.70 bits per heavy atom. The second-order valence-corrected chi connectivity index (χ2v) is 4.82. The topological polar surface area (TPSA) is 109 Å². The molecule has 0 aliphatic carbocycles. The van der Waals surface area contributed by atoms with Gasteiger partial charge in [0.1, 0.15) is 6.04 Å². The number of carboxylic acid groups (broad SMARTS) is 1. The first-order valence-corrected chi connectivity index (χ1v) is 6.54. The van der Waals surface area contributed by atoms with E-state index in [0.29, 0.717) is 0 Å². The first-order valence-electron chi connectivity index (χ1n) is 6.54. The van der Waals surface area contributed by atoms with Crippen molar-refractivity contribution >= 4 is 23.4 Å². The zero-order valence-corrected chi connectivity index (χ0v) is 11.3. The fraction of sp³-hybridized carbons (Fsp3) is 0.462. The smallest absolute Gasteiger partial charge is 0.337 e. The molecule has 1 aliphatic rings. The van der Waals surface area contributed by atoms with Gasteiger partial charge in [-0.2, -0.15) is 0 Å². The van der Waals surface area contributed by atoms with Crippen molar-refractivity contribution in [1.29, 1.82) is 0 Å². The number of nitrogen functional groups attached to an aromatic ring is 1. The maximum Gasteiger partial charge on any atom is 0.337 e. The lowest BCUT2D eigenvalue weighted by Crippen LogP contribution is -2.40. The minimum absolute atomic E-state index is 0.0237. The number of aromatic carboxylic acids is 1.